The third-order valence-corrected chi connectivity index (χ3v) is 4.56. The number of nitrogens with zero attached hydrogens (tertiary/aromatic N) is 3. The van der Waals surface area contributed by atoms with Crippen LogP contribution in [0.15, 0.2) is 72.6 Å². The molecule has 0 unspecified atom stereocenters. The quantitative estimate of drug-likeness (QED) is 0.272. The van der Waals surface area contributed by atoms with Gasteiger partial charge in [-0.3, -0.25) is 14.9 Å². The minimum Gasteiger partial charge on any atom is -0.439 e. The van der Waals surface area contributed by atoms with Gasteiger partial charge in [-0.25, -0.2) is 14.7 Å². The molecule has 1 fully saturated rings. The summed E-state index contributed by atoms with van der Waals surface area (Å²) in [5.41, 5.74) is 1.07. The molecule has 3 aromatic rings. The monoisotopic (exact) mass is 436 g/mol. The predicted molar refractivity (Wildman–Crippen MR) is 113 cm³/mol. The van der Waals surface area contributed by atoms with E-state index in [0.29, 0.717) is 22.0 Å². The second-order valence-corrected chi connectivity index (χ2v) is 6.82. The minimum atomic E-state index is -0.553. The third-order valence-electron chi connectivity index (χ3n) is 4.31. The Kier molecular flexibility index (Phi) is 5.33. The Bertz CT molecular complexity index is 1190. The van der Waals surface area contributed by atoms with E-state index in [4.69, 9.17) is 16.3 Å². The van der Waals surface area contributed by atoms with E-state index in [2.05, 4.69) is 10.3 Å². The van der Waals surface area contributed by atoms with Crippen LogP contribution in [0.2, 0.25) is 5.02 Å². The first-order valence-corrected chi connectivity index (χ1v) is 9.29. The summed E-state index contributed by atoms with van der Waals surface area (Å²) in [6.07, 6.45) is 2.65. The smallest absolute Gasteiger partial charge is 0.333 e. The molecular formula is C21H13ClN4O5. The van der Waals surface area contributed by atoms with Gasteiger partial charge < -0.3 is 10.1 Å². The average Bonchev–Trinajstić information content (AvgIpc) is 3.03. The number of carbonyl (C=O) groups is 2. The maximum atomic E-state index is 12.6. The molecule has 1 saturated heterocycles. The fraction of sp³-hybridized carbons (Fsp3) is 0. The van der Waals surface area contributed by atoms with E-state index in [1.165, 1.54) is 12.1 Å². The molecule has 0 aliphatic carbocycles. The van der Waals surface area contributed by atoms with E-state index in [9.17, 15) is 19.7 Å². The average molecular weight is 437 g/mol. The zero-order chi connectivity index (χ0) is 22.0. The normalized spacial score (nSPS) is 14.6. The van der Waals surface area contributed by atoms with Crippen LogP contribution in [0, 0.1) is 10.1 Å². The van der Waals surface area contributed by atoms with Crippen molar-refractivity contribution in [3.05, 3.63) is 93.3 Å². The second-order valence-electron chi connectivity index (χ2n) is 6.39. The molecule has 0 atom stereocenters. The van der Waals surface area contributed by atoms with E-state index < -0.39 is 16.9 Å². The van der Waals surface area contributed by atoms with Crippen molar-refractivity contribution in [2.45, 2.75) is 0 Å². The number of ether oxygens (including phenoxy) is 1. The molecule has 0 radical (unpaired) electrons. The maximum absolute atomic E-state index is 12.6. The Labute approximate surface area is 180 Å². The van der Waals surface area contributed by atoms with Gasteiger partial charge in [-0.15, -0.1) is 0 Å². The van der Waals surface area contributed by atoms with Crippen molar-refractivity contribution in [3.63, 3.8) is 0 Å². The van der Waals surface area contributed by atoms with Gasteiger partial charge in [0.15, 0.2) is 0 Å². The van der Waals surface area contributed by atoms with Gasteiger partial charge in [-0.1, -0.05) is 23.7 Å². The Morgan fingerprint density at radius 1 is 1.03 bits per heavy atom. The first-order valence-electron chi connectivity index (χ1n) is 8.92. The number of halogens is 1. The summed E-state index contributed by atoms with van der Waals surface area (Å²) in [6.45, 7) is 0. The number of imide groups is 1. The molecule has 1 N–H and O–H groups in total. The number of benzene rings is 2. The molecule has 2 aromatic carbocycles. The van der Waals surface area contributed by atoms with Gasteiger partial charge in [-0.05, 0) is 48.0 Å². The molecule has 4 rings (SSSR count). The number of hydrogen-bond donors (Lipinski definition) is 1. The summed E-state index contributed by atoms with van der Waals surface area (Å²) >= 11 is 5.85. The number of amides is 3. The van der Waals surface area contributed by atoms with Crippen molar-refractivity contribution in [2.24, 2.45) is 0 Å². The lowest BCUT2D eigenvalue weighted by Crippen LogP contribution is -2.30. The van der Waals surface area contributed by atoms with Gasteiger partial charge >= 0.3 is 6.03 Å². The van der Waals surface area contributed by atoms with Crippen molar-refractivity contribution in [1.29, 1.82) is 0 Å². The first kappa shape index (κ1) is 20.0. The highest BCUT2D eigenvalue weighted by Gasteiger charge is 2.34. The first-order chi connectivity index (χ1) is 14.9. The number of urea groups is 1. The second kappa shape index (κ2) is 8.25. The van der Waals surface area contributed by atoms with Crippen molar-refractivity contribution < 1.29 is 19.2 Å². The molecule has 2 heterocycles. The Morgan fingerprint density at radius 3 is 2.35 bits per heavy atom. The highest BCUT2D eigenvalue weighted by Crippen LogP contribution is 2.25. The van der Waals surface area contributed by atoms with Crippen LogP contribution in [0.3, 0.4) is 0 Å². The SMILES string of the molecule is O=C1N/C(=C/c2ccc(Oc3ccc([N+](=O)[O-])cn3)cc2)C(=O)N1c1ccc(Cl)cc1. The Morgan fingerprint density at radius 2 is 1.74 bits per heavy atom. The summed E-state index contributed by atoms with van der Waals surface area (Å²) in [7, 11) is 0. The molecule has 0 bridgehead atoms. The molecule has 3 amide bonds. The number of hydrogen-bond acceptors (Lipinski definition) is 6. The van der Waals surface area contributed by atoms with Crippen molar-refractivity contribution in [1.82, 2.24) is 10.3 Å². The molecule has 10 heteroatoms. The van der Waals surface area contributed by atoms with Crippen LogP contribution in [0.4, 0.5) is 16.2 Å². The number of carbonyl (C=O) groups excluding carboxylic acids is 2. The van der Waals surface area contributed by atoms with E-state index in [1.807, 2.05) is 0 Å². The predicted octanol–water partition coefficient (Wildman–Crippen LogP) is 4.53. The lowest BCUT2D eigenvalue weighted by atomic mass is 10.2. The molecule has 1 aliphatic rings. The lowest BCUT2D eigenvalue weighted by Gasteiger charge is -2.11. The largest absolute Gasteiger partial charge is 0.439 e. The molecule has 154 valence electrons. The van der Waals surface area contributed by atoms with Gasteiger partial charge in [0.1, 0.15) is 17.6 Å². The standard InChI is InChI=1S/C21H13ClN4O5/c22-14-3-5-15(6-4-14)25-20(27)18(24-21(25)28)11-13-1-8-17(9-2-13)31-19-10-7-16(12-23-19)26(29)30/h1-12H,(H,24,28)/b18-11+. The van der Waals surface area contributed by atoms with E-state index >= 15 is 0 Å². The zero-order valence-electron chi connectivity index (χ0n) is 15.7. The Balaban J connectivity index is 1.48. The van der Waals surface area contributed by atoms with Gasteiger partial charge in [0.25, 0.3) is 11.6 Å². The van der Waals surface area contributed by atoms with E-state index in [0.717, 1.165) is 11.1 Å². The number of aromatic nitrogens is 1. The zero-order valence-corrected chi connectivity index (χ0v) is 16.4. The van der Waals surface area contributed by atoms with Crippen LogP contribution in [0.25, 0.3) is 6.08 Å². The van der Waals surface area contributed by atoms with Crippen LogP contribution in [-0.2, 0) is 4.79 Å². The summed E-state index contributed by atoms with van der Waals surface area (Å²) in [6, 6.07) is 15.2. The third kappa shape index (κ3) is 4.36. The fourth-order valence-electron chi connectivity index (χ4n) is 2.82. The van der Waals surface area contributed by atoms with Gasteiger partial charge in [-0.2, -0.15) is 0 Å². The van der Waals surface area contributed by atoms with Gasteiger partial charge in [0.2, 0.25) is 5.88 Å². The number of rotatable bonds is 5. The van der Waals surface area contributed by atoms with Crippen molar-refractivity contribution in [3.8, 4) is 11.6 Å². The minimum absolute atomic E-state index is 0.130. The molecule has 1 aliphatic heterocycles. The van der Waals surface area contributed by atoms with Crippen molar-refractivity contribution in [2.75, 3.05) is 4.90 Å². The highest BCUT2D eigenvalue weighted by molar-refractivity contribution is 6.31. The highest BCUT2D eigenvalue weighted by atomic mass is 35.5. The summed E-state index contributed by atoms with van der Waals surface area (Å²) in [5.74, 6) is 0.171. The fourth-order valence-corrected chi connectivity index (χ4v) is 2.95. The van der Waals surface area contributed by atoms with Gasteiger partial charge in [0.05, 0.1) is 10.6 Å². The maximum Gasteiger partial charge on any atom is 0.333 e. The van der Waals surface area contributed by atoms with Crippen LogP contribution in [0.5, 0.6) is 11.6 Å². The van der Waals surface area contributed by atoms with E-state index in [1.54, 1.807) is 54.6 Å². The number of pyridine rings is 1. The molecule has 31 heavy (non-hydrogen) atoms. The summed E-state index contributed by atoms with van der Waals surface area (Å²) < 4.78 is 5.55. The Hall–Kier alpha value is -4.24. The van der Waals surface area contributed by atoms with Crippen LogP contribution in [-0.4, -0.2) is 21.8 Å². The molecular weight excluding hydrogens is 424 g/mol. The van der Waals surface area contributed by atoms with Crippen LogP contribution < -0.4 is 15.0 Å². The van der Waals surface area contributed by atoms with Crippen LogP contribution in [0.1, 0.15) is 5.56 Å². The van der Waals surface area contributed by atoms with Crippen LogP contribution >= 0.6 is 11.6 Å². The summed E-state index contributed by atoms with van der Waals surface area (Å²) in [5, 5.41) is 13.7. The molecule has 1 aromatic heterocycles. The summed E-state index contributed by atoms with van der Waals surface area (Å²) in [4.78, 5) is 39.9. The molecule has 0 saturated carbocycles. The lowest BCUT2D eigenvalue weighted by molar-refractivity contribution is -0.385. The molecule has 9 nitrogen and oxygen atoms in total. The number of nitro groups is 1. The van der Waals surface area contributed by atoms with Crippen molar-refractivity contribution >= 4 is 41.0 Å². The number of anilines is 1. The topological polar surface area (TPSA) is 115 Å². The number of nitrogens with one attached hydrogen (secondary N) is 1. The molecule has 0 spiro atoms. The van der Waals surface area contributed by atoms with E-state index in [-0.39, 0.29) is 17.3 Å². The van der Waals surface area contributed by atoms with Gasteiger partial charge in [0, 0.05) is 17.2 Å².